The van der Waals surface area contributed by atoms with Gasteiger partial charge in [0.1, 0.15) is 0 Å². The second-order valence-electron chi connectivity index (χ2n) is 6.61. The number of hydrogen-bond donors (Lipinski definition) is 0. The molecule has 21 heavy (non-hydrogen) atoms. The average Bonchev–Trinajstić information content (AvgIpc) is 2.99. The summed E-state index contributed by atoms with van der Waals surface area (Å²) in [5, 5.41) is 4.31. The van der Waals surface area contributed by atoms with Crippen molar-refractivity contribution in [3.63, 3.8) is 0 Å². The highest BCUT2D eigenvalue weighted by Gasteiger charge is 2.39. The molecule has 0 N–H and O–H groups in total. The van der Waals surface area contributed by atoms with Crippen LogP contribution in [-0.4, -0.2) is 9.78 Å². The van der Waals surface area contributed by atoms with Crippen LogP contribution in [0.2, 0.25) is 0 Å². The van der Waals surface area contributed by atoms with Crippen LogP contribution < -0.4 is 0 Å². The molecule has 0 aromatic carbocycles. The number of hydrogen-bond acceptors (Lipinski definition) is 1. The third-order valence-electron chi connectivity index (χ3n) is 5.26. The molecule has 0 saturated heterocycles. The van der Waals surface area contributed by atoms with Crippen molar-refractivity contribution in [3.8, 4) is 0 Å². The van der Waals surface area contributed by atoms with E-state index in [1.165, 1.54) is 24.0 Å². The standard InChI is InChI=1S/C19H28N2/c1-6-15(3)17-9-10-19(5,7-2)18(13-17)16(4)14-21-12-8-11-20-21/h7-8,11-12,17-18H,2-4,6,9-10,13-14H2,1,5H3/t17-,18+,19-/m1/s1. The summed E-state index contributed by atoms with van der Waals surface area (Å²) in [6.07, 6.45) is 10.6. The van der Waals surface area contributed by atoms with Gasteiger partial charge < -0.3 is 0 Å². The zero-order valence-corrected chi connectivity index (χ0v) is 13.5. The third-order valence-corrected chi connectivity index (χ3v) is 5.26. The summed E-state index contributed by atoms with van der Waals surface area (Å²) in [5.74, 6) is 1.09. The van der Waals surface area contributed by atoms with Crippen molar-refractivity contribution in [2.24, 2.45) is 17.3 Å². The molecule has 1 aliphatic rings. The number of aromatic nitrogens is 2. The Morgan fingerprint density at radius 3 is 2.76 bits per heavy atom. The van der Waals surface area contributed by atoms with E-state index in [2.05, 4.69) is 44.8 Å². The SMILES string of the molecule is C=C[C@]1(C)CC[C@@H](C(=C)CC)C[C@H]1C(=C)Cn1cccn1. The third kappa shape index (κ3) is 3.37. The maximum absolute atomic E-state index is 4.38. The molecule has 114 valence electrons. The lowest BCUT2D eigenvalue weighted by molar-refractivity contribution is 0.163. The lowest BCUT2D eigenvalue weighted by Crippen LogP contribution is -2.35. The Labute approximate surface area is 129 Å². The molecular formula is C19H28N2. The first-order valence-corrected chi connectivity index (χ1v) is 7.96. The van der Waals surface area contributed by atoms with E-state index in [0.29, 0.717) is 11.8 Å². The highest BCUT2D eigenvalue weighted by Crippen LogP contribution is 2.49. The van der Waals surface area contributed by atoms with E-state index in [9.17, 15) is 0 Å². The topological polar surface area (TPSA) is 17.8 Å². The maximum atomic E-state index is 4.38. The molecule has 1 aliphatic carbocycles. The van der Waals surface area contributed by atoms with Crippen LogP contribution in [0.25, 0.3) is 0 Å². The summed E-state index contributed by atoms with van der Waals surface area (Å²) in [5.41, 5.74) is 2.79. The number of rotatable bonds is 6. The molecule has 1 saturated carbocycles. The molecule has 2 heteroatoms. The molecule has 2 nitrogen and oxygen atoms in total. The van der Waals surface area contributed by atoms with E-state index in [1.54, 1.807) is 0 Å². The Hall–Kier alpha value is -1.57. The van der Waals surface area contributed by atoms with Crippen molar-refractivity contribution in [1.82, 2.24) is 9.78 Å². The van der Waals surface area contributed by atoms with Crippen molar-refractivity contribution >= 4 is 0 Å². The fraction of sp³-hybridized carbons (Fsp3) is 0.526. The summed E-state index contributed by atoms with van der Waals surface area (Å²) in [7, 11) is 0. The fourth-order valence-corrected chi connectivity index (χ4v) is 3.58. The zero-order chi connectivity index (χ0) is 15.5. The minimum absolute atomic E-state index is 0.148. The van der Waals surface area contributed by atoms with Gasteiger partial charge in [0, 0.05) is 12.4 Å². The van der Waals surface area contributed by atoms with Crippen LogP contribution in [0.1, 0.15) is 39.5 Å². The monoisotopic (exact) mass is 284 g/mol. The van der Waals surface area contributed by atoms with Crippen LogP contribution in [0.5, 0.6) is 0 Å². The van der Waals surface area contributed by atoms with E-state index in [4.69, 9.17) is 0 Å². The van der Waals surface area contributed by atoms with Crippen LogP contribution in [0.3, 0.4) is 0 Å². The molecule has 2 rings (SSSR count). The van der Waals surface area contributed by atoms with Gasteiger partial charge in [-0.2, -0.15) is 5.10 Å². The molecular weight excluding hydrogens is 256 g/mol. The lowest BCUT2D eigenvalue weighted by Gasteiger charge is -2.44. The minimum atomic E-state index is 0.148. The summed E-state index contributed by atoms with van der Waals surface area (Å²) in [6.45, 7) is 18.1. The van der Waals surface area contributed by atoms with Crippen LogP contribution in [-0.2, 0) is 6.54 Å². The molecule has 0 unspecified atom stereocenters. The average molecular weight is 284 g/mol. The first-order valence-electron chi connectivity index (χ1n) is 7.96. The first-order chi connectivity index (χ1) is 10.00. The Morgan fingerprint density at radius 1 is 1.43 bits per heavy atom. The lowest BCUT2D eigenvalue weighted by atomic mass is 9.61. The van der Waals surface area contributed by atoms with Crippen molar-refractivity contribution in [2.45, 2.75) is 46.1 Å². The number of nitrogens with zero attached hydrogens (tertiary/aromatic N) is 2. The van der Waals surface area contributed by atoms with Gasteiger partial charge >= 0.3 is 0 Å². The van der Waals surface area contributed by atoms with Gasteiger partial charge in [-0.05, 0) is 49.0 Å². The van der Waals surface area contributed by atoms with Crippen molar-refractivity contribution in [2.75, 3.05) is 0 Å². The summed E-state index contributed by atoms with van der Waals surface area (Å²) >= 11 is 0. The Balaban J connectivity index is 2.15. The number of allylic oxidation sites excluding steroid dienone is 3. The molecule has 1 heterocycles. The largest absolute Gasteiger partial charge is 0.269 e. The molecule has 0 amide bonds. The molecule has 3 atom stereocenters. The zero-order valence-electron chi connectivity index (χ0n) is 13.5. The van der Waals surface area contributed by atoms with Gasteiger partial charge in [-0.3, -0.25) is 4.68 Å². The van der Waals surface area contributed by atoms with Crippen LogP contribution >= 0.6 is 0 Å². The Bertz CT molecular complexity index is 512. The molecule has 1 aromatic rings. The van der Waals surface area contributed by atoms with E-state index < -0.39 is 0 Å². The summed E-state index contributed by atoms with van der Waals surface area (Å²) < 4.78 is 1.96. The van der Waals surface area contributed by atoms with E-state index in [-0.39, 0.29) is 5.41 Å². The summed E-state index contributed by atoms with van der Waals surface area (Å²) in [6, 6.07) is 1.96. The van der Waals surface area contributed by atoms with E-state index >= 15 is 0 Å². The van der Waals surface area contributed by atoms with Gasteiger partial charge in [0.15, 0.2) is 0 Å². The van der Waals surface area contributed by atoms with Crippen LogP contribution in [0.15, 0.2) is 55.4 Å². The normalized spacial score (nSPS) is 29.0. The molecule has 0 aliphatic heterocycles. The van der Waals surface area contributed by atoms with Gasteiger partial charge in [-0.1, -0.05) is 44.2 Å². The molecule has 1 fully saturated rings. The smallest absolute Gasteiger partial charge is 0.0619 e. The Morgan fingerprint density at radius 2 is 2.19 bits per heavy atom. The second kappa shape index (κ2) is 6.46. The quantitative estimate of drug-likeness (QED) is 0.671. The molecule has 0 spiro atoms. The van der Waals surface area contributed by atoms with Gasteiger partial charge in [-0.15, -0.1) is 6.58 Å². The van der Waals surface area contributed by atoms with E-state index in [1.807, 2.05) is 23.1 Å². The Kier molecular flexibility index (Phi) is 4.87. The second-order valence-corrected chi connectivity index (χ2v) is 6.61. The van der Waals surface area contributed by atoms with Crippen molar-refractivity contribution in [3.05, 3.63) is 55.4 Å². The highest BCUT2D eigenvalue weighted by atomic mass is 15.3. The predicted molar refractivity (Wildman–Crippen MR) is 89.9 cm³/mol. The van der Waals surface area contributed by atoms with Gasteiger partial charge in [-0.25, -0.2) is 0 Å². The molecule has 1 aromatic heterocycles. The van der Waals surface area contributed by atoms with E-state index in [0.717, 1.165) is 19.4 Å². The van der Waals surface area contributed by atoms with Gasteiger partial charge in [0.25, 0.3) is 0 Å². The molecule has 0 radical (unpaired) electrons. The fourth-order valence-electron chi connectivity index (χ4n) is 3.58. The maximum Gasteiger partial charge on any atom is 0.0619 e. The predicted octanol–water partition coefficient (Wildman–Crippen LogP) is 5.01. The first kappa shape index (κ1) is 15.8. The van der Waals surface area contributed by atoms with Crippen molar-refractivity contribution in [1.29, 1.82) is 0 Å². The van der Waals surface area contributed by atoms with Gasteiger partial charge in [0.2, 0.25) is 0 Å². The minimum Gasteiger partial charge on any atom is -0.269 e. The van der Waals surface area contributed by atoms with Crippen LogP contribution in [0.4, 0.5) is 0 Å². The van der Waals surface area contributed by atoms with Crippen molar-refractivity contribution < 1.29 is 0 Å². The highest BCUT2D eigenvalue weighted by molar-refractivity contribution is 5.17. The summed E-state index contributed by atoms with van der Waals surface area (Å²) in [4.78, 5) is 0. The van der Waals surface area contributed by atoms with Crippen LogP contribution in [0, 0.1) is 17.3 Å². The van der Waals surface area contributed by atoms with Gasteiger partial charge in [0.05, 0.1) is 6.54 Å². The molecule has 0 bridgehead atoms.